The molecule has 2 aromatic rings. The Morgan fingerprint density at radius 1 is 1.48 bits per heavy atom. The van der Waals surface area contributed by atoms with Crippen LogP contribution in [0.5, 0.6) is 0 Å². The molecule has 0 bridgehead atoms. The number of nitrogens with zero attached hydrogens (tertiary/aromatic N) is 4. The molecule has 0 amide bonds. The van der Waals surface area contributed by atoms with Crippen LogP contribution < -0.4 is 5.73 Å². The molecule has 1 aromatic carbocycles. The number of benzene rings is 1. The summed E-state index contributed by atoms with van der Waals surface area (Å²) in [4.78, 5) is 10.9. The first-order chi connectivity index (χ1) is 10.0. The van der Waals surface area contributed by atoms with E-state index in [4.69, 9.17) is 10.9 Å². The van der Waals surface area contributed by atoms with Gasteiger partial charge in [-0.2, -0.15) is 0 Å². The van der Waals surface area contributed by atoms with Crippen LogP contribution >= 0.6 is 34.9 Å². The van der Waals surface area contributed by atoms with Crippen molar-refractivity contribution in [2.45, 2.75) is 13.6 Å². The van der Waals surface area contributed by atoms with E-state index in [0.29, 0.717) is 9.24 Å². The van der Waals surface area contributed by atoms with Gasteiger partial charge in [0.15, 0.2) is 14.5 Å². The number of thioether (sulfide) groups is 1. The van der Waals surface area contributed by atoms with E-state index in [2.05, 4.69) is 15.4 Å². The molecule has 21 heavy (non-hydrogen) atoms. The first-order valence-corrected chi connectivity index (χ1v) is 8.22. The van der Waals surface area contributed by atoms with Crippen LogP contribution in [0.15, 0.2) is 36.9 Å². The second-order valence-corrected chi connectivity index (χ2v) is 6.88. The van der Waals surface area contributed by atoms with Crippen molar-refractivity contribution in [1.82, 2.24) is 10.2 Å². The van der Waals surface area contributed by atoms with E-state index in [1.165, 1.54) is 53.1 Å². The number of hydrogen-bond acceptors (Lipinski definition) is 9. The van der Waals surface area contributed by atoms with Crippen molar-refractivity contribution in [3.63, 3.8) is 0 Å². The Bertz CT molecular complexity index is 703. The van der Waals surface area contributed by atoms with E-state index < -0.39 is 4.92 Å². The number of amidine groups is 1. The van der Waals surface area contributed by atoms with E-state index in [1.54, 1.807) is 0 Å². The third kappa shape index (κ3) is 3.62. The van der Waals surface area contributed by atoms with Crippen LogP contribution in [0.1, 0.15) is 5.56 Å². The van der Waals surface area contributed by atoms with Gasteiger partial charge in [-0.05, 0) is 12.3 Å². The summed E-state index contributed by atoms with van der Waals surface area (Å²) in [5.74, 6) is -0.198. The quantitative estimate of drug-likeness (QED) is 0.211. The number of hydrogen-bond donors (Lipinski definition) is 2. The molecule has 0 saturated heterocycles. The number of nitro benzene ring substituents is 1. The third-order valence-electron chi connectivity index (χ3n) is 2.32. The molecule has 1 heterocycles. The molecule has 0 spiro atoms. The first kappa shape index (κ1) is 15.5. The summed E-state index contributed by atoms with van der Waals surface area (Å²) in [6.45, 7) is 0. The first-order valence-electron chi connectivity index (χ1n) is 5.37. The Hall–Kier alpha value is -1.85. The zero-order valence-electron chi connectivity index (χ0n) is 10.6. The van der Waals surface area contributed by atoms with Gasteiger partial charge in [-0.15, -0.1) is 10.2 Å². The van der Waals surface area contributed by atoms with E-state index in [9.17, 15) is 10.1 Å². The Morgan fingerprint density at radius 2 is 2.19 bits per heavy atom. The second-order valence-electron chi connectivity index (χ2n) is 3.56. The van der Waals surface area contributed by atoms with Gasteiger partial charge in [0.1, 0.15) is 0 Å². The minimum atomic E-state index is -0.542. The maximum atomic E-state index is 10.8. The fourth-order valence-electron chi connectivity index (χ4n) is 1.39. The normalized spacial score (nSPS) is 11.6. The summed E-state index contributed by atoms with van der Waals surface area (Å²) in [5, 5.41) is 30.5. The van der Waals surface area contributed by atoms with Crippen LogP contribution in [0.4, 0.5) is 5.69 Å². The van der Waals surface area contributed by atoms with E-state index in [-0.39, 0.29) is 17.1 Å². The summed E-state index contributed by atoms with van der Waals surface area (Å²) in [7, 11) is 0. The van der Waals surface area contributed by atoms with Crippen LogP contribution in [0, 0.1) is 10.1 Å². The molecular formula is C10H9N5O3S3. The SMILES string of the molecule is CSc1nnc(Sc2ccc([N+](=O)[O-])cc2/C(N)=N/O)s1. The lowest BCUT2D eigenvalue weighted by Gasteiger charge is -2.05. The molecule has 2 rings (SSSR count). The van der Waals surface area contributed by atoms with E-state index in [0.717, 1.165) is 4.34 Å². The lowest BCUT2D eigenvalue weighted by molar-refractivity contribution is -0.384. The molecule has 0 fully saturated rings. The molecule has 0 radical (unpaired) electrons. The summed E-state index contributed by atoms with van der Waals surface area (Å²) in [6, 6.07) is 4.15. The molecule has 0 atom stereocenters. The summed E-state index contributed by atoms with van der Waals surface area (Å²) in [5.41, 5.74) is 5.72. The maximum absolute atomic E-state index is 10.8. The number of nitro groups is 1. The van der Waals surface area contributed by atoms with E-state index in [1.807, 2.05) is 6.26 Å². The summed E-state index contributed by atoms with van der Waals surface area (Å²) in [6.07, 6.45) is 1.89. The third-order valence-corrected chi connectivity index (χ3v) is 5.34. The highest BCUT2D eigenvalue weighted by atomic mass is 32.2. The van der Waals surface area contributed by atoms with Gasteiger partial charge in [0.05, 0.1) is 4.92 Å². The largest absolute Gasteiger partial charge is 0.409 e. The molecule has 1 aromatic heterocycles. The van der Waals surface area contributed by atoms with Crippen molar-refractivity contribution in [3.05, 3.63) is 33.9 Å². The molecule has 0 aliphatic carbocycles. The highest BCUT2D eigenvalue weighted by Gasteiger charge is 2.16. The Morgan fingerprint density at radius 3 is 2.76 bits per heavy atom. The van der Waals surface area contributed by atoms with Gasteiger partial charge >= 0.3 is 0 Å². The molecule has 8 nitrogen and oxygen atoms in total. The van der Waals surface area contributed by atoms with Gasteiger partial charge in [0, 0.05) is 22.6 Å². The number of nitrogens with two attached hydrogens (primary N) is 1. The topological polar surface area (TPSA) is 128 Å². The highest BCUT2D eigenvalue weighted by molar-refractivity contribution is 8.03. The van der Waals surface area contributed by atoms with Crippen molar-refractivity contribution in [1.29, 1.82) is 0 Å². The maximum Gasteiger partial charge on any atom is 0.270 e. The van der Waals surface area contributed by atoms with Gasteiger partial charge in [0.2, 0.25) is 0 Å². The van der Waals surface area contributed by atoms with Crippen molar-refractivity contribution < 1.29 is 10.1 Å². The van der Waals surface area contributed by atoms with Gasteiger partial charge in [-0.1, -0.05) is 40.0 Å². The van der Waals surface area contributed by atoms with Gasteiger partial charge < -0.3 is 10.9 Å². The van der Waals surface area contributed by atoms with E-state index >= 15 is 0 Å². The van der Waals surface area contributed by atoms with Gasteiger partial charge in [-0.25, -0.2) is 0 Å². The zero-order chi connectivity index (χ0) is 15.4. The van der Waals surface area contributed by atoms with Crippen LogP contribution in [-0.2, 0) is 0 Å². The van der Waals surface area contributed by atoms with Crippen LogP contribution in [-0.4, -0.2) is 32.4 Å². The molecular weight excluding hydrogens is 334 g/mol. The number of non-ortho nitro benzene ring substituents is 1. The summed E-state index contributed by atoms with van der Waals surface area (Å²) >= 11 is 4.12. The minimum absolute atomic E-state index is 0.136. The average molecular weight is 343 g/mol. The molecule has 0 aliphatic heterocycles. The number of aromatic nitrogens is 2. The predicted molar refractivity (Wildman–Crippen MR) is 81.4 cm³/mol. The standard InChI is InChI=1S/C10H9N5O3S3/c1-19-9-12-13-10(21-9)20-7-3-2-5(15(17)18)4-6(7)8(11)14-16/h2-4,16H,1H3,(H2,11,14). The Labute approximate surface area is 131 Å². The van der Waals surface area contributed by atoms with Crippen molar-refractivity contribution in [3.8, 4) is 0 Å². The molecule has 3 N–H and O–H groups in total. The summed E-state index contributed by atoms with van der Waals surface area (Å²) < 4.78 is 1.48. The van der Waals surface area contributed by atoms with Gasteiger partial charge in [-0.3, -0.25) is 10.1 Å². The van der Waals surface area contributed by atoms with Crippen LogP contribution in [0.25, 0.3) is 0 Å². The molecule has 0 saturated carbocycles. The molecule has 0 aliphatic rings. The van der Waals surface area contributed by atoms with Crippen LogP contribution in [0.2, 0.25) is 0 Å². The molecule has 0 unspecified atom stereocenters. The fourth-order valence-corrected chi connectivity index (χ4v) is 3.91. The van der Waals surface area contributed by atoms with Crippen LogP contribution in [0.3, 0.4) is 0 Å². The molecule has 11 heteroatoms. The highest BCUT2D eigenvalue weighted by Crippen LogP contribution is 2.35. The molecule has 110 valence electrons. The lowest BCUT2D eigenvalue weighted by atomic mass is 10.2. The van der Waals surface area contributed by atoms with Gasteiger partial charge in [0.25, 0.3) is 5.69 Å². The second kappa shape index (κ2) is 6.74. The Kier molecular flexibility index (Phi) is 4.98. The monoisotopic (exact) mass is 343 g/mol. The van der Waals surface area contributed by atoms with Crippen molar-refractivity contribution in [2.24, 2.45) is 10.9 Å². The van der Waals surface area contributed by atoms with Crippen molar-refractivity contribution in [2.75, 3.05) is 6.26 Å². The zero-order valence-corrected chi connectivity index (χ0v) is 13.0. The lowest BCUT2D eigenvalue weighted by Crippen LogP contribution is -2.14. The average Bonchev–Trinajstić information content (AvgIpc) is 2.94. The fraction of sp³-hybridized carbons (Fsp3) is 0.100. The predicted octanol–water partition coefficient (Wildman–Crippen LogP) is 2.41. The Balaban J connectivity index is 2.40. The number of rotatable bonds is 5. The van der Waals surface area contributed by atoms with Crippen molar-refractivity contribution >= 4 is 46.4 Å². The number of oxime groups is 1. The minimum Gasteiger partial charge on any atom is -0.409 e. The smallest absolute Gasteiger partial charge is 0.270 e.